The summed E-state index contributed by atoms with van der Waals surface area (Å²) in [5.41, 5.74) is 2.67. The molecule has 5 nitrogen and oxygen atoms in total. The number of benzene rings is 2. The summed E-state index contributed by atoms with van der Waals surface area (Å²) < 4.78 is 5.68. The molecule has 0 spiro atoms. The van der Waals surface area contributed by atoms with Crippen LogP contribution in [0, 0.1) is 0 Å². The summed E-state index contributed by atoms with van der Waals surface area (Å²) in [6.07, 6.45) is 0.924. The summed E-state index contributed by atoms with van der Waals surface area (Å²) in [4.78, 5) is 20.2. The van der Waals surface area contributed by atoms with Crippen molar-refractivity contribution < 1.29 is 9.53 Å². The summed E-state index contributed by atoms with van der Waals surface area (Å²) in [7, 11) is 0. The first-order valence-electron chi connectivity index (χ1n) is 8.75. The Morgan fingerprint density at radius 3 is 2.81 bits per heavy atom. The number of hydrogen-bond acceptors (Lipinski definition) is 4. The van der Waals surface area contributed by atoms with Crippen molar-refractivity contribution in [1.82, 2.24) is 9.97 Å². The number of nitrogens with one attached hydrogen (secondary N) is 2. The predicted molar refractivity (Wildman–Crippen MR) is 108 cm³/mol. The number of amides is 1. The number of para-hydroxylation sites is 4. The lowest BCUT2D eigenvalue weighted by atomic mass is 10.3. The highest BCUT2D eigenvalue weighted by Crippen LogP contribution is 2.29. The van der Waals surface area contributed by atoms with Gasteiger partial charge >= 0.3 is 0 Å². The number of aromatic amines is 1. The molecule has 1 heterocycles. The molecule has 2 aromatic carbocycles. The van der Waals surface area contributed by atoms with Crippen LogP contribution in [0.1, 0.15) is 31.3 Å². The molecule has 1 amide bonds. The fraction of sp³-hybridized carbons (Fsp3) is 0.300. The number of imidazole rings is 1. The van der Waals surface area contributed by atoms with E-state index in [1.54, 1.807) is 11.8 Å². The zero-order valence-electron chi connectivity index (χ0n) is 15.0. The van der Waals surface area contributed by atoms with Crippen molar-refractivity contribution in [2.45, 2.75) is 25.5 Å². The highest BCUT2D eigenvalue weighted by molar-refractivity contribution is 8.00. The Labute approximate surface area is 157 Å². The van der Waals surface area contributed by atoms with E-state index < -0.39 is 0 Å². The van der Waals surface area contributed by atoms with Crippen LogP contribution in [0.3, 0.4) is 0 Å². The normalized spacial score (nSPS) is 12.1. The average molecular weight is 369 g/mol. The highest BCUT2D eigenvalue weighted by atomic mass is 32.2. The van der Waals surface area contributed by atoms with Crippen molar-refractivity contribution in [3.8, 4) is 5.75 Å². The van der Waals surface area contributed by atoms with E-state index in [0.29, 0.717) is 23.8 Å². The minimum atomic E-state index is -0.0505. The summed E-state index contributed by atoms with van der Waals surface area (Å²) in [6.45, 7) is 4.73. The van der Waals surface area contributed by atoms with E-state index in [-0.39, 0.29) is 11.2 Å². The van der Waals surface area contributed by atoms with E-state index in [2.05, 4.69) is 22.2 Å². The van der Waals surface area contributed by atoms with Gasteiger partial charge in [-0.05, 0) is 37.6 Å². The number of nitrogens with zero attached hydrogens (tertiary/aromatic N) is 1. The molecule has 0 fully saturated rings. The Hall–Kier alpha value is -2.47. The largest absolute Gasteiger partial charge is 0.491 e. The van der Waals surface area contributed by atoms with Gasteiger partial charge in [0.15, 0.2) is 0 Å². The van der Waals surface area contributed by atoms with E-state index in [1.807, 2.05) is 55.5 Å². The third kappa shape index (κ3) is 4.58. The zero-order chi connectivity index (χ0) is 18.4. The van der Waals surface area contributed by atoms with E-state index in [1.165, 1.54) is 0 Å². The van der Waals surface area contributed by atoms with Crippen molar-refractivity contribution in [2.75, 3.05) is 17.7 Å². The summed E-state index contributed by atoms with van der Waals surface area (Å²) in [6, 6.07) is 15.4. The number of thioether (sulfide) groups is 1. The van der Waals surface area contributed by atoms with Crippen molar-refractivity contribution in [3.63, 3.8) is 0 Å². The molecule has 1 atom stereocenters. The average Bonchev–Trinajstić information content (AvgIpc) is 3.10. The second-order valence-electron chi connectivity index (χ2n) is 5.99. The minimum absolute atomic E-state index is 0.0505. The molecule has 136 valence electrons. The molecule has 1 aromatic heterocycles. The molecule has 3 aromatic rings. The van der Waals surface area contributed by atoms with Gasteiger partial charge in [0, 0.05) is 0 Å². The minimum Gasteiger partial charge on any atom is -0.491 e. The van der Waals surface area contributed by atoms with Gasteiger partial charge in [-0.15, -0.1) is 11.8 Å². The summed E-state index contributed by atoms with van der Waals surface area (Å²) in [5.74, 6) is 1.89. The third-order valence-electron chi connectivity index (χ3n) is 3.88. The quantitative estimate of drug-likeness (QED) is 0.599. The Morgan fingerprint density at radius 1 is 1.23 bits per heavy atom. The smallest absolute Gasteiger partial charge is 0.234 e. The lowest BCUT2D eigenvalue weighted by Crippen LogP contribution is -2.15. The molecular formula is C20H23N3O2S. The van der Waals surface area contributed by atoms with Gasteiger partial charge in [-0.25, -0.2) is 4.98 Å². The Bertz CT molecular complexity index is 845. The van der Waals surface area contributed by atoms with Gasteiger partial charge in [0.2, 0.25) is 5.91 Å². The lowest BCUT2D eigenvalue weighted by molar-refractivity contribution is -0.113. The van der Waals surface area contributed by atoms with Crippen LogP contribution < -0.4 is 10.1 Å². The maximum atomic E-state index is 12.3. The molecule has 0 radical (unpaired) electrons. The van der Waals surface area contributed by atoms with Gasteiger partial charge in [0.25, 0.3) is 0 Å². The van der Waals surface area contributed by atoms with Crippen LogP contribution in [0.4, 0.5) is 5.69 Å². The molecule has 0 saturated heterocycles. The molecule has 0 aliphatic rings. The SMILES string of the molecule is CCCOc1ccccc1NC(=O)CSC(C)c1nc2ccccc2[nH]1. The lowest BCUT2D eigenvalue weighted by Gasteiger charge is -2.12. The molecule has 2 N–H and O–H groups in total. The Morgan fingerprint density at radius 2 is 2.00 bits per heavy atom. The number of carbonyl (C=O) groups is 1. The highest BCUT2D eigenvalue weighted by Gasteiger charge is 2.14. The van der Waals surface area contributed by atoms with Crippen LogP contribution in [0.15, 0.2) is 48.5 Å². The van der Waals surface area contributed by atoms with Crippen LogP contribution in [0.25, 0.3) is 11.0 Å². The van der Waals surface area contributed by atoms with Gasteiger partial charge in [0.05, 0.1) is 34.3 Å². The zero-order valence-corrected chi connectivity index (χ0v) is 15.8. The van der Waals surface area contributed by atoms with Gasteiger partial charge < -0.3 is 15.0 Å². The molecule has 26 heavy (non-hydrogen) atoms. The van der Waals surface area contributed by atoms with E-state index >= 15 is 0 Å². The number of ether oxygens (including phenoxy) is 1. The predicted octanol–water partition coefficient (Wildman–Crippen LogP) is 4.78. The second kappa shape index (κ2) is 8.76. The monoisotopic (exact) mass is 369 g/mol. The number of aromatic nitrogens is 2. The first-order chi connectivity index (χ1) is 12.7. The van der Waals surface area contributed by atoms with Gasteiger partial charge in [-0.1, -0.05) is 31.2 Å². The van der Waals surface area contributed by atoms with E-state index in [9.17, 15) is 4.79 Å². The van der Waals surface area contributed by atoms with Crippen molar-refractivity contribution in [2.24, 2.45) is 0 Å². The van der Waals surface area contributed by atoms with E-state index in [0.717, 1.165) is 23.3 Å². The molecule has 6 heteroatoms. The standard InChI is InChI=1S/C20H23N3O2S/c1-3-12-25-18-11-7-6-10-17(18)21-19(24)13-26-14(2)20-22-15-8-4-5-9-16(15)23-20/h4-11,14H,3,12-13H2,1-2H3,(H,21,24)(H,22,23). The molecule has 0 aliphatic carbocycles. The van der Waals surface area contributed by atoms with Crippen LogP contribution in [-0.2, 0) is 4.79 Å². The topological polar surface area (TPSA) is 67.0 Å². The first-order valence-corrected chi connectivity index (χ1v) is 9.80. The van der Waals surface area contributed by atoms with Crippen LogP contribution in [-0.4, -0.2) is 28.2 Å². The molecule has 1 unspecified atom stereocenters. The Balaban J connectivity index is 1.57. The molecule has 0 bridgehead atoms. The van der Waals surface area contributed by atoms with Crippen LogP contribution in [0.2, 0.25) is 0 Å². The fourth-order valence-electron chi connectivity index (χ4n) is 2.54. The van der Waals surface area contributed by atoms with Crippen LogP contribution in [0.5, 0.6) is 5.75 Å². The van der Waals surface area contributed by atoms with Gasteiger partial charge in [-0.2, -0.15) is 0 Å². The number of anilines is 1. The van der Waals surface area contributed by atoms with Crippen molar-refractivity contribution in [3.05, 3.63) is 54.4 Å². The molecular weight excluding hydrogens is 346 g/mol. The molecule has 3 rings (SSSR count). The number of hydrogen-bond donors (Lipinski definition) is 2. The Kier molecular flexibility index (Phi) is 6.17. The number of carbonyl (C=O) groups excluding carboxylic acids is 1. The van der Waals surface area contributed by atoms with E-state index in [4.69, 9.17) is 4.74 Å². The van der Waals surface area contributed by atoms with Gasteiger partial charge in [-0.3, -0.25) is 4.79 Å². The maximum absolute atomic E-state index is 12.3. The number of fused-ring (bicyclic) bond motifs is 1. The number of rotatable bonds is 8. The van der Waals surface area contributed by atoms with Crippen LogP contribution >= 0.6 is 11.8 Å². The summed E-state index contributed by atoms with van der Waals surface area (Å²) >= 11 is 1.55. The first kappa shape index (κ1) is 18.3. The molecule has 0 aliphatic heterocycles. The fourth-order valence-corrected chi connectivity index (χ4v) is 3.28. The van der Waals surface area contributed by atoms with Crippen molar-refractivity contribution >= 4 is 34.4 Å². The van der Waals surface area contributed by atoms with Gasteiger partial charge in [0.1, 0.15) is 11.6 Å². The summed E-state index contributed by atoms with van der Waals surface area (Å²) in [5, 5.41) is 3.03. The number of H-pyrrole nitrogens is 1. The maximum Gasteiger partial charge on any atom is 0.234 e. The third-order valence-corrected chi connectivity index (χ3v) is 5.03. The second-order valence-corrected chi connectivity index (χ2v) is 7.31. The molecule has 0 saturated carbocycles. The van der Waals surface area contributed by atoms with Crippen molar-refractivity contribution in [1.29, 1.82) is 0 Å².